The van der Waals surface area contributed by atoms with Gasteiger partial charge in [0, 0.05) is 19.3 Å². The van der Waals surface area contributed by atoms with Gasteiger partial charge in [-0.2, -0.15) is 0 Å². The van der Waals surface area contributed by atoms with E-state index < -0.39 is 6.10 Å². The topological polar surface area (TPSA) is 78.9 Å². The Labute approximate surface area is 410 Å². The first-order valence-corrected chi connectivity index (χ1v) is 29.0. The van der Waals surface area contributed by atoms with Gasteiger partial charge in [0.25, 0.3) is 0 Å². The van der Waals surface area contributed by atoms with E-state index in [1.165, 1.54) is 199 Å². The summed E-state index contributed by atoms with van der Waals surface area (Å²) in [6, 6.07) is 0. The molecular weight excluding hydrogens is 817 g/mol. The minimum Gasteiger partial charge on any atom is -0.462 e. The lowest BCUT2D eigenvalue weighted by atomic mass is 10.1. The minimum atomic E-state index is -0.778. The smallest absolute Gasteiger partial charge is 0.306 e. The Bertz CT molecular complexity index is 1110. The molecule has 0 spiro atoms. The Kier molecular flexibility index (Phi) is 53.2. The fourth-order valence-corrected chi connectivity index (χ4v) is 8.41. The van der Waals surface area contributed by atoms with Crippen LogP contribution >= 0.6 is 0 Å². The molecular formula is C60H110O6. The first kappa shape index (κ1) is 63.6. The normalized spacial score (nSPS) is 12.2. The molecule has 1 unspecified atom stereocenters. The zero-order valence-electron chi connectivity index (χ0n) is 44.2. The number of hydrogen-bond acceptors (Lipinski definition) is 6. The van der Waals surface area contributed by atoms with Crippen molar-refractivity contribution in [1.29, 1.82) is 0 Å². The van der Waals surface area contributed by atoms with Crippen LogP contribution in [0.1, 0.15) is 310 Å². The summed E-state index contributed by atoms with van der Waals surface area (Å²) in [6.07, 6.45) is 65.7. The average molecular weight is 928 g/mol. The van der Waals surface area contributed by atoms with E-state index in [0.29, 0.717) is 19.3 Å². The van der Waals surface area contributed by atoms with Gasteiger partial charge in [0.05, 0.1) is 0 Å². The molecule has 0 bridgehead atoms. The van der Waals surface area contributed by atoms with E-state index in [2.05, 4.69) is 57.2 Å². The molecule has 0 N–H and O–H groups in total. The summed E-state index contributed by atoms with van der Waals surface area (Å²) in [4.78, 5) is 38.1. The van der Waals surface area contributed by atoms with Gasteiger partial charge in [0.2, 0.25) is 0 Å². The number of esters is 3. The Morgan fingerprint density at radius 3 is 0.803 bits per heavy atom. The minimum absolute atomic E-state index is 0.0771. The molecule has 0 saturated carbocycles. The molecule has 0 aromatic carbocycles. The second-order valence-electron chi connectivity index (χ2n) is 19.5. The lowest BCUT2D eigenvalue weighted by Gasteiger charge is -2.18. The monoisotopic (exact) mass is 927 g/mol. The number of allylic oxidation sites excluding steroid dienone is 6. The maximum atomic E-state index is 12.8. The Morgan fingerprint density at radius 1 is 0.288 bits per heavy atom. The summed E-state index contributed by atoms with van der Waals surface area (Å²) in [6.45, 7) is 6.62. The van der Waals surface area contributed by atoms with E-state index in [-0.39, 0.29) is 31.1 Å². The molecule has 6 nitrogen and oxygen atoms in total. The fraction of sp³-hybridized carbons (Fsp3) is 0.850. The van der Waals surface area contributed by atoms with Crippen molar-refractivity contribution in [2.45, 2.75) is 316 Å². The van der Waals surface area contributed by atoms with Crippen LogP contribution in [0.3, 0.4) is 0 Å². The molecule has 0 saturated heterocycles. The van der Waals surface area contributed by atoms with Gasteiger partial charge in [-0.25, -0.2) is 0 Å². The quantitative estimate of drug-likeness (QED) is 0.0262. The van der Waals surface area contributed by atoms with Gasteiger partial charge in [-0.1, -0.05) is 237 Å². The number of carbonyl (C=O) groups is 3. The van der Waals surface area contributed by atoms with Crippen molar-refractivity contribution in [3.8, 4) is 0 Å². The SMILES string of the molecule is CCCC/C=C\CCCCCCCC(=O)OCC(COC(=O)CCCCCCCCCCC/C=C\CCCCCCCCCC)OC(=O)CCCCCCC/C=C\CCCCCCCCC. The molecule has 0 aromatic rings. The molecule has 0 heterocycles. The third-order valence-electron chi connectivity index (χ3n) is 12.8. The molecule has 0 aromatic heterocycles. The Hall–Kier alpha value is -2.37. The van der Waals surface area contributed by atoms with Crippen LogP contribution in [0.25, 0.3) is 0 Å². The highest BCUT2D eigenvalue weighted by molar-refractivity contribution is 5.71. The van der Waals surface area contributed by atoms with Crippen molar-refractivity contribution in [1.82, 2.24) is 0 Å². The lowest BCUT2D eigenvalue weighted by Crippen LogP contribution is -2.30. The van der Waals surface area contributed by atoms with Crippen LogP contribution in [0.5, 0.6) is 0 Å². The van der Waals surface area contributed by atoms with Gasteiger partial charge < -0.3 is 14.2 Å². The molecule has 6 heteroatoms. The van der Waals surface area contributed by atoms with Gasteiger partial charge in [-0.3, -0.25) is 14.4 Å². The van der Waals surface area contributed by atoms with Gasteiger partial charge >= 0.3 is 17.9 Å². The predicted octanol–water partition coefficient (Wildman–Crippen LogP) is 19.3. The number of ether oxygens (including phenoxy) is 3. The van der Waals surface area contributed by atoms with E-state index in [0.717, 1.165) is 70.6 Å². The fourth-order valence-electron chi connectivity index (χ4n) is 8.41. The highest BCUT2D eigenvalue weighted by atomic mass is 16.6. The largest absolute Gasteiger partial charge is 0.462 e. The maximum absolute atomic E-state index is 12.8. The van der Waals surface area contributed by atoms with E-state index in [1.54, 1.807) is 0 Å². The van der Waals surface area contributed by atoms with Gasteiger partial charge in [-0.05, 0) is 89.9 Å². The van der Waals surface area contributed by atoms with Crippen LogP contribution in [0.2, 0.25) is 0 Å². The number of rotatable bonds is 53. The Morgan fingerprint density at radius 2 is 0.515 bits per heavy atom. The lowest BCUT2D eigenvalue weighted by molar-refractivity contribution is -0.167. The van der Waals surface area contributed by atoms with Crippen molar-refractivity contribution in [2.24, 2.45) is 0 Å². The van der Waals surface area contributed by atoms with Gasteiger partial charge in [0.1, 0.15) is 13.2 Å². The average Bonchev–Trinajstić information content (AvgIpc) is 3.31. The summed E-state index contributed by atoms with van der Waals surface area (Å²) < 4.78 is 16.8. The third kappa shape index (κ3) is 52.6. The summed E-state index contributed by atoms with van der Waals surface area (Å²) >= 11 is 0. The van der Waals surface area contributed by atoms with Crippen LogP contribution in [0, 0.1) is 0 Å². The van der Waals surface area contributed by atoms with E-state index in [9.17, 15) is 14.4 Å². The third-order valence-corrected chi connectivity index (χ3v) is 12.8. The van der Waals surface area contributed by atoms with Crippen molar-refractivity contribution in [3.05, 3.63) is 36.5 Å². The molecule has 0 fully saturated rings. The highest BCUT2D eigenvalue weighted by Crippen LogP contribution is 2.16. The van der Waals surface area contributed by atoms with Crippen molar-refractivity contribution < 1.29 is 28.6 Å². The molecule has 386 valence electrons. The van der Waals surface area contributed by atoms with Crippen LogP contribution in [-0.4, -0.2) is 37.2 Å². The van der Waals surface area contributed by atoms with Gasteiger partial charge in [0.15, 0.2) is 6.10 Å². The molecule has 1 atom stereocenters. The maximum Gasteiger partial charge on any atom is 0.306 e. The molecule has 0 rings (SSSR count). The first-order chi connectivity index (χ1) is 32.5. The van der Waals surface area contributed by atoms with Crippen molar-refractivity contribution in [2.75, 3.05) is 13.2 Å². The highest BCUT2D eigenvalue weighted by Gasteiger charge is 2.19. The standard InChI is InChI=1S/C60H110O6/c1-4-7-10-13-16-19-22-24-26-28-29-30-31-32-34-35-38-41-44-47-50-53-59(62)65-56-57(55-64-58(61)52-49-46-43-40-37-21-18-15-12-9-6-3)66-60(63)54-51-48-45-42-39-36-33-27-25-23-20-17-14-11-8-5-2/h15,18,27-29,33,57H,4-14,16-17,19-26,30-32,34-56H2,1-3H3/b18-15-,29-28-,33-27-. The zero-order chi connectivity index (χ0) is 47.9. The zero-order valence-corrected chi connectivity index (χ0v) is 44.2. The summed E-state index contributed by atoms with van der Waals surface area (Å²) in [7, 11) is 0. The van der Waals surface area contributed by atoms with E-state index in [4.69, 9.17) is 14.2 Å². The van der Waals surface area contributed by atoms with Crippen LogP contribution in [0.4, 0.5) is 0 Å². The number of unbranched alkanes of at least 4 members (excludes halogenated alkanes) is 36. The van der Waals surface area contributed by atoms with E-state index in [1.807, 2.05) is 0 Å². The van der Waals surface area contributed by atoms with Crippen LogP contribution in [-0.2, 0) is 28.6 Å². The number of hydrogen-bond donors (Lipinski definition) is 0. The second-order valence-corrected chi connectivity index (χ2v) is 19.5. The van der Waals surface area contributed by atoms with Crippen molar-refractivity contribution in [3.63, 3.8) is 0 Å². The molecule has 0 radical (unpaired) electrons. The molecule has 0 amide bonds. The van der Waals surface area contributed by atoms with E-state index >= 15 is 0 Å². The van der Waals surface area contributed by atoms with Crippen molar-refractivity contribution >= 4 is 17.9 Å². The summed E-state index contributed by atoms with van der Waals surface area (Å²) in [5.74, 6) is -0.884. The molecule has 0 aliphatic carbocycles. The molecule has 66 heavy (non-hydrogen) atoms. The summed E-state index contributed by atoms with van der Waals surface area (Å²) in [5.41, 5.74) is 0. The Balaban J connectivity index is 4.29. The summed E-state index contributed by atoms with van der Waals surface area (Å²) in [5, 5.41) is 0. The van der Waals surface area contributed by atoms with Gasteiger partial charge in [-0.15, -0.1) is 0 Å². The molecule has 0 aliphatic heterocycles. The van der Waals surface area contributed by atoms with Crippen LogP contribution < -0.4 is 0 Å². The predicted molar refractivity (Wildman–Crippen MR) is 284 cm³/mol. The molecule has 0 aliphatic rings. The second kappa shape index (κ2) is 55.2. The first-order valence-electron chi connectivity index (χ1n) is 29.0. The van der Waals surface area contributed by atoms with Crippen LogP contribution in [0.15, 0.2) is 36.5 Å². The number of carbonyl (C=O) groups excluding carboxylic acids is 3.